The molecule has 5 unspecified atom stereocenters. The van der Waals surface area contributed by atoms with Crippen LogP contribution in [0.2, 0.25) is 0 Å². The minimum atomic E-state index is -3.70. The van der Waals surface area contributed by atoms with Gasteiger partial charge in [0.15, 0.2) is 0 Å². The molecule has 1 amide bonds. The molecule has 3 rings (SSSR count). The van der Waals surface area contributed by atoms with E-state index >= 15 is 0 Å². The van der Waals surface area contributed by atoms with Crippen LogP contribution in [0, 0.1) is 11.8 Å². The van der Waals surface area contributed by atoms with Crippen molar-refractivity contribution in [3.05, 3.63) is 12.7 Å². The number of rotatable bonds is 4. The molecule has 2 aliphatic carbocycles. The van der Waals surface area contributed by atoms with Gasteiger partial charge in [0.2, 0.25) is 5.91 Å². The van der Waals surface area contributed by atoms with Crippen molar-refractivity contribution in [1.82, 2.24) is 5.32 Å². The highest BCUT2D eigenvalue weighted by molar-refractivity contribution is 7.87. The van der Waals surface area contributed by atoms with Crippen molar-refractivity contribution in [3.63, 3.8) is 0 Å². The molecule has 3 fully saturated rings. The van der Waals surface area contributed by atoms with Crippen LogP contribution in [-0.4, -0.2) is 43.8 Å². The number of ether oxygens (including phenoxy) is 1. The zero-order valence-corrected chi connectivity index (χ0v) is 12.4. The lowest BCUT2D eigenvalue weighted by Gasteiger charge is -2.35. The third kappa shape index (κ3) is 2.08. The Morgan fingerprint density at radius 1 is 1.48 bits per heavy atom. The monoisotopic (exact) mass is 315 g/mol. The maximum absolute atomic E-state index is 12.1. The average molecular weight is 315 g/mol. The number of hydrogen-bond acceptors (Lipinski definition) is 6. The van der Waals surface area contributed by atoms with Crippen LogP contribution in [0.1, 0.15) is 19.8 Å². The lowest BCUT2D eigenvalue weighted by Crippen LogP contribution is -2.51. The summed E-state index contributed by atoms with van der Waals surface area (Å²) in [5, 5.41) is 1.52. The largest absolute Gasteiger partial charge is 0.456 e. The quantitative estimate of drug-likeness (QED) is 0.435. The van der Waals surface area contributed by atoms with Gasteiger partial charge in [-0.3, -0.25) is 13.8 Å². The van der Waals surface area contributed by atoms with Gasteiger partial charge in [-0.2, -0.15) is 8.42 Å². The summed E-state index contributed by atoms with van der Waals surface area (Å²) >= 11 is 0. The fraction of sp³-hybridized carbons (Fsp3) is 0.692. The molecule has 1 N–H and O–H groups in total. The van der Waals surface area contributed by atoms with Crippen molar-refractivity contribution in [2.24, 2.45) is 11.8 Å². The van der Waals surface area contributed by atoms with E-state index in [4.69, 9.17) is 8.92 Å². The molecule has 116 valence electrons. The first kappa shape index (κ1) is 14.5. The lowest BCUT2D eigenvalue weighted by molar-refractivity contribution is -0.162. The second kappa shape index (κ2) is 4.54. The SMILES string of the molecule is C=CC(=O)NCC(=O)OC1(C)C2CC3OS(=O)(=O)C1C3C2. The fourth-order valence-corrected chi connectivity index (χ4v) is 6.19. The van der Waals surface area contributed by atoms with Crippen molar-refractivity contribution in [1.29, 1.82) is 0 Å². The number of esters is 1. The standard InChI is InChI=1S/C13H17NO6S/c1-3-10(15)14-6-11(16)19-13(2)7-4-8-9(5-7)20-21(17,18)12(8)13/h3,7-9,12H,1,4-6H2,2H3,(H,14,15). The normalized spacial score (nSPS) is 41.8. The first-order chi connectivity index (χ1) is 9.78. The van der Waals surface area contributed by atoms with Crippen LogP contribution in [0.25, 0.3) is 0 Å². The Labute approximate surface area is 122 Å². The summed E-state index contributed by atoms with van der Waals surface area (Å²) in [5.74, 6) is -1.25. The van der Waals surface area contributed by atoms with Gasteiger partial charge in [-0.15, -0.1) is 0 Å². The van der Waals surface area contributed by atoms with E-state index < -0.39 is 32.8 Å². The number of amides is 1. The third-order valence-corrected chi connectivity index (χ3v) is 6.77. The fourth-order valence-electron chi connectivity index (χ4n) is 3.97. The van der Waals surface area contributed by atoms with E-state index in [-0.39, 0.29) is 24.5 Å². The summed E-state index contributed by atoms with van der Waals surface area (Å²) < 4.78 is 34.8. The van der Waals surface area contributed by atoms with Crippen molar-refractivity contribution in [2.75, 3.05) is 6.54 Å². The topological polar surface area (TPSA) is 98.8 Å². The van der Waals surface area contributed by atoms with Gasteiger partial charge in [0.1, 0.15) is 17.4 Å². The first-order valence-electron chi connectivity index (χ1n) is 6.82. The Bertz CT molecular complexity index is 612. The van der Waals surface area contributed by atoms with E-state index in [0.29, 0.717) is 12.8 Å². The molecule has 1 aliphatic heterocycles. The zero-order valence-electron chi connectivity index (χ0n) is 11.6. The number of hydrogen-bond donors (Lipinski definition) is 1. The van der Waals surface area contributed by atoms with Crippen LogP contribution in [0.4, 0.5) is 0 Å². The molecule has 0 aromatic rings. The Kier molecular flexibility index (Phi) is 3.14. The molecule has 8 heteroatoms. The van der Waals surface area contributed by atoms with Crippen molar-refractivity contribution in [3.8, 4) is 0 Å². The summed E-state index contributed by atoms with van der Waals surface area (Å²) in [6.07, 6.45) is 2.06. The molecule has 3 aliphatic rings. The molecule has 0 aromatic carbocycles. The maximum Gasteiger partial charge on any atom is 0.326 e. The summed E-state index contributed by atoms with van der Waals surface area (Å²) in [5.41, 5.74) is -1.08. The predicted molar refractivity (Wildman–Crippen MR) is 71.5 cm³/mol. The number of carbonyl (C=O) groups is 2. The molecule has 0 aromatic heterocycles. The molecule has 7 nitrogen and oxygen atoms in total. The van der Waals surface area contributed by atoms with Crippen molar-refractivity contribution < 1.29 is 26.9 Å². The molecule has 0 radical (unpaired) electrons. The molecule has 1 heterocycles. The number of nitrogens with one attached hydrogen (secondary N) is 1. The van der Waals surface area contributed by atoms with Gasteiger partial charge in [0.05, 0.1) is 6.10 Å². The van der Waals surface area contributed by atoms with Crippen LogP contribution in [0.3, 0.4) is 0 Å². The molecule has 21 heavy (non-hydrogen) atoms. The summed E-state index contributed by atoms with van der Waals surface area (Å²) in [4.78, 5) is 22.9. The Morgan fingerprint density at radius 2 is 2.19 bits per heavy atom. The average Bonchev–Trinajstić information content (AvgIpc) is 2.95. The third-order valence-electron chi connectivity index (χ3n) is 4.81. The van der Waals surface area contributed by atoms with Crippen LogP contribution in [0.15, 0.2) is 12.7 Å². The maximum atomic E-state index is 12.1. The van der Waals surface area contributed by atoms with Gasteiger partial charge < -0.3 is 10.1 Å². The molecule has 2 bridgehead atoms. The smallest absolute Gasteiger partial charge is 0.326 e. The Morgan fingerprint density at radius 3 is 2.86 bits per heavy atom. The first-order valence-corrected chi connectivity index (χ1v) is 8.29. The van der Waals surface area contributed by atoms with E-state index in [9.17, 15) is 18.0 Å². The summed E-state index contributed by atoms with van der Waals surface area (Å²) in [7, 11) is -3.70. The molecule has 2 saturated carbocycles. The lowest BCUT2D eigenvalue weighted by atomic mass is 9.84. The predicted octanol–water partition coefficient (Wildman–Crippen LogP) is -0.272. The van der Waals surface area contributed by atoms with Gasteiger partial charge in [0.25, 0.3) is 10.1 Å². The van der Waals surface area contributed by atoms with Crippen LogP contribution in [0.5, 0.6) is 0 Å². The van der Waals surface area contributed by atoms with Crippen LogP contribution < -0.4 is 5.32 Å². The van der Waals surface area contributed by atoms with E-state index in [1.165, 1.54) is 0 Å². The van der Waals surface area contributed by atoms with E-state index in [1.54, 1.807) is 6.92 Å². The molecular weight excluding hydrogens is 298 g/mol. The minimum absolute atomic E-state index is 0.0196. The molecule has 0 spiro atoms. The van der Waals surface area contributed by atoms with Gasteiger partial charge in [-0.25, -0.2) is 0 Å². The highest BCUT2D eigenvalue weighted by Crippen LogP contribution is 2.60. The van der Waals surface area contributed by atoms with Crippen LogP contribution >= 0.6 is 0 Å². The van der Waals surface area contributed by atoms with Gasteiger partial charge in [-0.1, -0.05) is 6.58 Å². The Balaban J connectivity index is 1.74. The zero-order chi connectivity index (χ0) is 15.4. The summed E-state index contributed by atoms with van der Waals surface area (Å²) in [6, 6.07) is 0. The number of fused-ring (bicyclic) bond motifs is 1. The van der Waals surface area contributed by atoms with Gasteiger partial charge in [0, 0.05) is 11.8 Å². The second-order valence-electron chi connectivity index (χ2n) is 5.96. The highest BCUT2D eigenvalue weighted by Gasteiger charge is 2.71. The molecule has 1 saturated heterocycles. The van der Waals surface area contributed by atoms with Gasteiger partial charge in [-0.05, 0) is 25.8 Å². The minimum Gasteiger partial charge on any atom is -0.456 e. The van der Waals surface area contributed by atoms with Crippen LogP contribution in [-0.2, 0) is 28.6 Å². The van der Waals surface area contributed by atoms with Crippen molar-refractivity contribution >= 4 is 22.0 Å². The Hall–Kier alpha value is -1.41. The van der Waals surface area contributed by atoms with E-state index in [2.05, 4.69) is 11.9 Å². The van der Waals surface area contributed by atoms with Gasteiger partial charge >= 0.3 is 5.97 Å². The van der Waals surface area contributed by atoms with E-state index in [0.717, 1.165) is 6.08 Å². The molecular formula is C13H17NO6S. The highest BCUT2D eigenvalue weighted by atomic mass is 32.2. The number of carbonyl (C=O) groups excluding carboxylic acids is 2. The second-order valence-corrected chi connectivity index (χ2v) is 7.65. The van der Waals surface area contributed by atoms with E-state index in [1.807, 2.05) is 0 Å². The molecule has 5 atom stereocenters. The summed E-state index contributed by atoms with van der Waals surface area (Å²) in [6.45, 7) is 4.62. The van der Waals surface area contributed by atoms with Crippen molar-refractivity contribution in [2.45, 2.75) is 36.7 Å².